The molecule has 2 N–H and O–H groups in total. The second-order valence-corrected chi connectivity index (χ2v) is 5.60. The summed E-state index contributed by atoms with van der Waals surface area (Å²) in [6, 6.07) is 0. The molecule has 1 aliphatic rings. The molecule has 0 saturated carbocycles. The summed E-state index contributed by atoms with van der Waals surface area (Å²) >= 11 is 0. The molecule has 0 saturated heterocycles. The standard InChI is InChI=1S/C15H28N2O/c1-4-6-17-15(18)5-7-16-11-14-9-12(2)8-13(3)10-14/h8,12,14,16H,4-7,9-11H2,1-3H3,(H,17,18). The lowest BCUT2D eigenvalue weighted by Crippen LogP contribution is -2.31. The van der Waals surface area contributed by atoms with E-state index < -0.39 is 0 Å². The van der Waals surface area contributed by atoms with Crippen LogP contribution in [0.2, 0.25) is 0 Å². The molecule has 0 heterocycles. The molecule has 0 aromatic rings. The van der Waals surface area contributed by atoms with E-state index in [1.807, 2.05) is 0 Å². The summed E-state index contributed by atoms with van der Waals surface area (Å²) in [5.41, 5.74) is 1.52. The van der Waals surface area contributed by atoms with Crippen molar-refractivity contribution in [3.8, 4) is 0 Å². The van der Waals surface area contributed by atoms with E-state index in [1.165, 1.54) is 18.4 Å². The second kappa shape index (κ2) is 8.30. The largest absolute Gasteiger partial charge is 0.356 e. The zero-order valence-corrected chi connectivity index (χ0v) is 12.1. The van der Waals surface area contributed by atoms with E-state index in [2.05, 4.69) is 37.5 Å². The van der Waals surface area contributed by atoms with Crippen molar-refractivity contribution in [1.82, 2.24) is 10.6 Å². The Labute approximate surface area is 111 Å². The zero-order chi connectivity index (χ0) is 13.4. The monoisotopic (exact) mass is 252 g/mol. The van der Waals surface area contributed by atoms with Gasteiger partial charge in [-0.15, -0.1) is 0 Å². The Morgan fingerprint density at radius 2 is 2.22 bits per heavy atom. The molecule has 0 spiro atoms. The minimum absolute atomic E-state index is 0.164. The first kappa shape index (κ1) is 15.2. The second-order valence-electron chi connectivity index (χ2n) is 5.60. The third-order valence-electron chi connectivity index (χ3n) is 3.42. The van der Waals surface area contributed by atoms with Gasteiger partial charge in [0.05, 0.1) is 0 Å². The van der Waals surface area contributed by atoms with Gasteiger partial charge in [0.1, 0.15) is 0 Å². The van der Waals surface area contributed by atoms with Crippen LogP contribution in [-0.4, -0.2) is 25.5 Å². The van der Waals surface area contributed by atoms with Crippen molar-refractivity contribution in [2.24, 2.45) is 11.8 Å². The fourth-order valence-electron chi connectivity index (χ4n) is 2.70. The number of hydrogen-bond acceptors (Lipinski definition) is 2. The van der Waals surface area contributed by atoms with Crippen LogP contribution in [0.15, 0.2) is 11.6 Å². The molecule has 1 aliphatic carbocycles. The average molecular weight is 252 g/mol. The summed E-state index contributed by atoms with van der Waals surface area (Å²) in [5.74, 6) is 1.61. The van der Waals surface area contributed by atoms with Gasteiger partial charge in [-0.1, -0.05) is 25.5 Å². The van der Waals surface area contributed by atoms with Crippen LogP contribution >= 0.6 is 0 Å². The Kier molecular flexibility index (Phi) is 7.02. The maximum Gasteiger partial charge on any atom is 0.221 e. The first-order valence-corrected chi connectivity index (χ1v) is 7.26. The Morgan fingerprint density at radius 3 is 2.89 bits per heavy atom. The SMILES string of the molecule is CCCNC(=O)CCNCC1CC(C)=CC(C)C1. The molecule has 0 aliphatic heterocycles. The minimum atomic E-state index is 0.164. The Hall–Kier alpha value is -0.830. The number of rotatable bonds is 7. The molecule has 0 fully saturated rings. The smallest absolute Gasteiger partial charge is 0.221 e. The van der Waals surface area contributed by atoms with Crippen LogP contribution in [0.3, 0.4) is 0 Å². The van der Waals surface area contributed by atoms with Gasteiger partial charge >= 0.3 is 0 Å². The lowest BCUT2D eigenvalue weighted by Gasteiger charge is -2.25. The molecule has 18 heavy (non-hydrogen) atoms. The number of allylic oxidation sites excluding steroid dienone is 2. The third-order valence-corrected chi connectivity index (χ3v) is 3.42. The molecule has 1 rings (SSSR count). The predicted octanol–water partition coefficient (Wildman–Crippen LogP) is 2.48. The van der Waals surface area contributed by atoms with Crippen LogP contribution < -0.4 is 10.6 Å². The summed E-state index contributed by atoms with van der Waals surface area (Å²) in [7, 11) is 0. The van der Waals surface area contributed by atoms with Crippen LogP contribution in [0, 0.1) is 11.8 Å². The van der Waals surface area contributed by atoms with Crippen LogP contribution in [-0.2, 0) is 4.79 Å². The van der Waals surface area contributed by atoms with E-state index in [-0.39, 0.29) is 5.91 Å². The third kappa shape index (κ3) is 6.20. The van der Waals surface area contributed by atoms with Gasteiger partial charge in [-0.05, 0) is 44.6 Å². The normalized spacial score (nSPS) is 23.6. The summed E-state index contributed by atoms with van der Waals surface area (Å²) in [6.45, 7) is 9.20. The van der Waals surface area contributed by atoms with Crippen molar-refractivity contribution >= 4 is 5.91 Å². The van der Waals surface area contributed by atoms with Crippen molar-refractivity contribution in [2.45, 2.75) is 46.5 Å². The van der Waals surface area contributed by atoms with Crippen LogP contribution in [0.25, 0.3) is 0 Å². The van der Waals surface area contributed by atoms with Gasteiger partial charge < -0.3 is 10.6 Å². The first-order valence-electron chi connectivity index (χ1n) is 7.26. The number of carbonyl (C=O) groups is 1. The molecule has 0 aromatic heterocycles. The lowest BCUT2D eigenvalue weighted by atomic mass is 9.84. The fraction of sp³-hybridized carbons (Fsp3) is 0.800. The predicted molar refractivity (Wildman–Crippen MR) is 76.4 cm³/mol. The summed E-state index contributed by atoms with van der Waals surface area (Å²) in [6.07, 6.45) is 6.46. The van der Waals surface area contributed by atoms with Crippen LogP contribution in [0.5, 0.6) is 0 Å². The average Bonchev–Trinajstić information content (AvgIpc) is 2.31. The molecule has 0 radical (unpaired) electrons. The van der Waals surface area contributed by atoms with Crippen LogP contribution in [0.4, 0.5) is 0 Å². The minimum Gasteiger partial charge on any atom is -0.356 e. The fourth-order valence-corrected chi connectivity index (χ4v) is 2.70. The number of amides is 1. The molecule has 104 valence electrons. The van der Waals surface area contributed by atoms with Crippen molar-refractivity contribution in [2.75, 3.05) is 19.6 Å². The Bertz CT molecular complexity index is 286. The van der Waals surface area contributed by atoms with Gasteiger partial charge in [0.2, 0.25) is 5.91 Å². The van der Waals surface area contributed by atoms with Gasteiger partial charge in [-0.3, -0.25) is 4.79 Å². The van der Waals surface area contributed by atoms with Gasteiger partial charge in [0.25, 0.3) is 0 Å². The molecule has 3 heteroatoms. The van der Waals surface area contributed by atoms with Crippen molar-refractivity contribution in [3.63, 3.8) is 0 Å². The van der Waals surface area contributed by atoms with E-state index in [0.29, 0.717) is 12.3 Å². The molecular weight excluding hydrogens is 224 g/mol. The molecule has 0 bridgehead atoms. The molecule has 2 unspecified atom stereocenters. The van der Waals surface area contributed by atoms with Gasteiger partial charge in [0, 0.05) is 19.5 Å². The van der Waals surface area contributed by atoms with Crippen molar-refractivity contribution in [3.05, 3.63) is 11.6 Å². The maximum absolute atomic E-state index is 11.4. The van der Waals surface area contributed by atoms with Gasteiger partial charge in [-0.25, -0.2) is 0 Å². The summed E-state index contributed by atoms with van der Waals surface area (Å²) in [5, 5.41) is 6.31. The van der Waals surface area contributed by atoms with Gasteiger partial charge in [0.15, 0.2) is 0 Å². The molecule has 3 nitrogen and oxygen atoms in total. The maximum atomic E-state index is 11.4. The summed E-state index contributed by atoms with van der Waals surface area (Å²) < 4.78 is 0. The van der Waals surface area contributed by atoms with Gasteiger partial charge in [-0.2, -0.15) is 0 Å². The highest BCUT2D eigenvalue weighted by atomic mass is 16.1. The van der Waals surface area contributed by atoms with E-state index >= 15 is 0 Å². The Morgan fingerprint density at radius 1 is 1.44 bits per heavy atom. The molecule has 2 atom stereocenters. The molecular formula is C15H28N2O. The van der Waals surface area contributed by atoms with E-state index in [0.717, 1.165) is 32.0 Å². The number of hydrogen-bond donors (Lipinski definition) is 2. The quantitative estimate of drug-likeness (QED) is 0.540. The highest BCUT2D eigenvalue weighted by molar-refractivity contribution is 5.75. The van der Waals surface area contributed by atoms with E-state index in [1.54, 1.807) is 0 Å². The highest BCUT2D eigenvalue weighted by Crippen LogP contribution is 2.27. The number of carbonyl (C=O) groups excluding carboxylic acids is 1. The summed E-state index contributed by atoms with van der Waals surface area (Å²) in [4.78, 5) is 11.4. The lowest BCUT2D eigenvalue weighted by molar-refractivity contribution is -0.120. The van der Waals surface area contributed by atoms with Crippen molar-refractivity contribution < 1.29 is 4.79 Å². The molecule has 1 amide bonds. The van der Waals surface area contributed by atoms with Crippen LogP contribution in [0.1, 0.15) is 46.5 Å². The first-order chi connectivity index (χ1) is 8.61. The van der Waals surface area contributed by atoms with Crippen molar-refractivity contribution in [1.29, 1.82) is 0 Å². The Balaban J connectivity index is 2.08. The van der Waals surface area contributed by atoms with E-state index in [9.17, 15) is 4.79 Å². The van der Waals surface area contributed by atoms with E-state index in [4.69, 9.17) is 0 Å². The number of nitrogens with one attached hydrogen (secondary N) is 2. The highest BCUT2D eigenvalue weighted by Gasteiger charge is 2.17. The molecule has 0 aromatic carbocycles. The zero-order valence-electron chi connectivity index (χ0n) is 12.1. The topological polar surface area (TPSA) is 41.1 Å².